The zero-order valence-corrected chi connectivity index (χ0v) is 14.4. The van der Waals surface area contributed by atoms with Crippen molar-refractivity contribution in [1.82, 2.24) is 0 Å². The largest absolute Gasteiger partial charge is 0.465 e. The van der Waals surface area contributed by atoms with Crippen molar-refractivity contribution >= 4 is 29.2 Å². The number of nitriles is 1. The van der Waals surface area contributed by atoms with Gasteiger partial charge in [-0.25, -0.2) is 4.79 Å². The zero-order chi connectivity index (χ0) is 19.1. The summed E-state index contributed by atoms with van der Waals surface area (Å²) in [6.45, 7) is 1.14. The Kier molecular flexibility index (Phi) is 6.06. The number of hydrogen-bond acceptors (Lipinski definition) is 5. The molecule has 0 aliphatic carbocycles. The molecule has 0 atom stereocenters. The lowest BCUT2D eigenvalue weighted by molar-refractivity contribution is -0.120. The summed E-state index contributed by atoms with van der Waals surface area (Å²) < 4.78 is 4.61. The van der Waals surface area contributed by atoms with E-state index in [9.17, 15) is 14.4 Å². The first-order valence-electron chi connectivity index (χ1n) is 7.71. The summed E-state index contributed by atoms with van der Waals surface area (Å²) in [5, 5.41) is 11.6. The van der Waals surface area contributed by atoms with Crippen LogP contribution < -0.4 is 10.2 Å². The molecule has 2 aromatic rings. The predicted octanol–water partition coefficient (Wildman–Crippen LogP) is 2.34. The van der Waals surface area contributed by atoms with Crippen molar-refractivity contribution in [2.75, 3.05) is 23.9 Å². The average Bonchev–Trinajstić information content (AvgIpc) is 2.65. The first-order valence-corrected chi connectivity index (χ1v) is 7.71. The van der Waals surface area contributed by atoms with Crippen molar-refractivity contribution in [3.05, 3.63) is 59.7 Å². The number of anilines is 2. The standard InChI is InChI=1S/C19H17N3O4/c1-13(23)22(17-5-3-4-14(10-17)11-20)12-18(24)21-16-8-6-15(7-9-16)19(25)26-2/h3-10H,12H2,1-2H3,(H,21,24). The van der Waals surface area contributed by atoms with Gasteiger partial charge in [-0.3, -0.25) is 9.59 Å². The lowest BCUT2D eigenvalue weighted by Crippen LogP contribution is -2.36. The van der Waals surface area contributed by atoms with Gasteiger partial charge in [0.05, 0.1) is 24.3 Å². The third-order valence-corrected chi connectivity index (χ3v) is 3.56. The van der Waals surface area contributed by atoms with Gasteiger partial charge in [0, 0.05) is 18.3 Å². The topological polar surface area (TPSA) is 99.5 Å². The lowest BCUT2D eigenvalue weighted by atomic mass is 10.2. The van der Waals surface area contributed by atoms with Gasteiger partial charge >= 0.3 is 5.97 Å². The number of esters is 1. The zero-order valence-electron chi connectivity index (χ0n) is 14.4. The molecule has 1 N–H and O–H groups in total. The van der Waals surface area contributed by atoms with Crippen molar-refractivity contribution in [3.8, 4) is 6.07 Å². The average molecular weight is 351 g/mol. The van der Waals surface area contributed by atoms with E-state index in [4.69, 9.17) is 5.26 Å². The van der Waals surface area contributed by atoms with Crippen LogP contribution in [0.15, 0.2) is 48.5 Å². The Morgan fingerprint density at radius 3 is 2.42 bits per heavy atom. The second-order valence-electron chi connectivity index (χ2n) is 5.38. The van der Waals surface area contributed by atoms with Crippen molar-refractivity contribution in [3.63, 3.8) is 0 Å². The Hall–Kier alpha value is -3.66. The Morgan fingerprint density at radius 1 is 1.15 bits per heavy atom. The third kappa shape index (κ3) is 4.68. The van der Waals surface area contributed by atoms with Crippen LogP contribution in [0.3, 0.4) is 0 Å². The van der Waals surface area contributed by atoms with Crippen LogP contribution in [-0.4, -0.2) is 31.4 Å². The van der Waals surface area contributed by atoms with Crippen molar-refractivity contribution in [2.24, 2.45) is 0 Å². The lowest BCUT2D eigenvalue weighted by Gasteiger charge is -2.21. The quantitative estimate of drug-likeness (QED) is 0.834. The number of methoxy groups -OCH3 is 1. The molecule has 2 rings (SSSR count). The van der Waals surface area contributed by atoms with Crippen LogP contribution >= 0.6 is 0 Å². The number of ether oxygens (including phenoxy) is 1. The van der Waals surface area contributed by atoms with Gasteiger partial charge in [0.15, 0.2) is 0 Å². The molecule has 7 heteroatoms. The van der Waals surface area contributed by atoms with Crippen LogP contribution in [0.5, 0.6) is 0 Å². The van der Waals surface area contributed by atoms with E-state index in [2.05, 4.69) is 10.1 Å². The van der Waals surface area contributed by atoms with Crippen LogP contribution in [0.2, 0.25) is 0 Å². The van der Waals surface area contributed by atoms with Gasteiger partial charge in [-0.1, -0.05) is 6.07 Å². The summed E-state index contributed by atoms with van der Waals surface area (Å²) in [4.78, 5) is 36.8. The van der Waals surface area contributed by atoms with E-state index in [0.29, 0.717) is 22.5 Å². The molecule has 0 bridgehead atoms. The molecule has 0 fully saturated rings. The molecule has 2 amide bonds. The molecule has 0 saturated heterocycles. The number of nitrogens with one attached hydrogen (secondary N) is 1. The highest BCUT2D eigenvalue weighted by Crippen LogP contribution is 2.17. The number of carbonyl (C=O) groups is 3. The Morgan fingerprint density at radius 2 is 1.85 bits per heavy atom. The summed E-state index contributed by atoms with van der Waals surface area (Å²) in [6.07, 6.45) is 0. The van der Waals surface area contributed by atoms with Crippen LogP contribution in [0.25, 0.3) is 0 Å². The van der Waals surface area contributed by atoms with Gasteiger partial charge in [0.1, 0.15) is 6.54 Å². The number of nitrogens with zero attached hydrogens (tertiary/aromatic N) is 2. The molecular weight excluding hydrogens is 334 g/mol. The molecule has 0 heterocycles. The van der Waals surface area contributed by atoms with E-state index in [1.165, 1.54) is 31.1 Å². The van der Waals surface area contributed by atoms with Crippen molar-refractivity contribution < 1.29 is 19.1 Å². The second-order valence-corrected chi connectivity index (χ2v) is 5.38. The predicted molar refractivity (Wildman–Crippen MR) is 95.6 cm³/mol. The molecular formula is C19H17N3O4. The molecule has 0 saturated carbocycles. The maximum Gasteiger partial charge on any atom is 0.337 e. The molecule has 0 aliphatic heterocycles. The number of amides is 2. The molecule has 0 radical (unpaired) electrons. The minimum Gasteiger partial charge on any atom is -0.465 e. The van der Waals surface area contributed by atoms with Gasteiger partial charge in [-0.2, -0.15) is 5.26 Å². The Balaban J connectivity index is 2.09. The van der Waals surface area contributed by atoms with Gasteiger partial charge in [0.25, 0.3) is 0 Å². The minimum absolute atomic E-state index is 0.205. The van der Waals surface area contributed by atoms with Crippen molar-refractivity contribution in [1.29, 1.82) is 5.26 Å². The van der Waals surface area contributed by atoms with Crippen LogP contribution in [0, 0.1) is 11.3 Å². The fourth-order valence-corrected chi connectivity index (χ4v) is 2.28. The number of carbonyl (C=O) groups excluding carboxylic acids is 3. The third-order valence-electron chi connectivity index (χ3n) is 3.56. The smallest absolute Gasteiger partial charge is 0.337 e. The summed E-state index contributed by atoms with van der Waals surface area (Å²) >= 11 is 0. The van der Waals surface area contributed by atoms with Crippen LogP contribution in [0.1, 0.15) is 22.8 Å². The first kappa shape index (κ1) is 18.7. The monoisotopic (exact) mass is 351 g/mol. The normalized spacial score (nSPS) is 9.73. The Labute approximate surface area is 150 Å². The van der Waals surface area contributed by atoms with E-state index >= 15 is 0 Å². The molecule has 0 unspecified atom stereocenters. The van der Waals surface area contributed by atoms with Crippen LogP contribution in [-0.2, 0) is 14.3 Å². The number of rotatable bonds is 5. The second kappa shape index (κ2) is 8.44. The fraction of sp³-hybridized carbons (Fsp3) is 0.158. The summed E-state index contributed by atoms with van der Waals surface area (Å²) in [6, 6.07) is 14.6. The first-order chi connectivity index (χ1) is 12.4. The van der Waals surface area contributed by atoms with Gasteiger partial charge in [-0.05, 0) is 42.5 Å². The summed E-state index contributed by atoms with van der Waals surface area (Å²) in [5.74, 6) is -1.20. The van der Waals surface area contributed by atoms with E-state index in [-0.39, 0.29) is 12.5 Å². The number of benzene rings is 2. The SMILES string of the molecule is COC(=O)c1ccc(NC(=O)CN(C(C)=O)c2cccc(C#N)c2)cc1. The fourth-order valence-electron chi connectivity index (χ4n) is 2.28. The number of hydrogen-bond donors (Lipinski definition) is 1. The maximum atomic E-state index is 12.3. The molecule has 132 valence electrons. The summed E-state index contributed by atoms with van der Waals surface area (Å²) in [5.41, 5.74) is 1.71. The molecule has 0 spiro atoms. The van der Waals surface area contributed by atoms with Gasteiger partial charge < -0.3 is 15.0 Å². The van der Waals surface area contributed by atoms with E-state index in [1.807, 2.05) is 6.07 Å². The van der Waals surface area contributed by atoms with Gasteiger partial charge in [0.2, 0.25) is 11.8 Å². The summed E-state index contributed by atoms with van der Waals surface area (Å²) in [7, 11) is 1.29. The highest BCUT2D eigenvalue weighted by molar-refractivity contribution is 6.02. The van der Waals surface area contributed by atoms with Gasteiger partial charge in [-0.15, -0.1) is 0 Å². The van der Waals surface area contributed by atoms with Crippen molar-refractivity contribution in [2.45, 2.75) is 6.92 Å². The Bertz CT molecular complexity index is 869. The van der Waals surface area contributed by atoms with E-state index < -0.39 is 11.9 Å². The minimum atomic E-state index is -0.469. The molecule has 0 aromatic heterocycles. The molecule has 2 aromatic carbocycles. The van der Waals surface area contributed by atoms with Crippen LogP contribution in [0.4, 0.5) is 11.4 Å². The van der Waals surface area contributed by atoms with E-state index in [0.717, 1.165) is 0 Å². The molecule has 7 nitrogen and oxygen atoms in total. The maximum absolute atomic E-state index is 12.3. The molecule has 0 aliphatic rings. The van der Waals surface area contributed by atoms with E-state index in [1.54, 1.807) is 36.4 Å². The molecule has 26 heavy (non-hydrogen) atoms. The highest BCUT2D eigenvalue weighted by atomic mass is 16.5. The highest BCUT2D eigenvalue weighted by Gasteiger charge is 2.16.